The van der Waals surface area contributed by atoms with Gasteiger partial charge in [-0.1, -0.05) is 13.8 Å². The summed E-state index contributed by atoms with van der Waals surface area (Å²) in [6, 6.07) is -1.02. The van der Waals surface area contributed by atoms with Gasteiger partial charge in [-0.2, -0.15) is 13.5 Å². The third-order valence-electron chi connectivity index (χ3n) is 5.43. The SMILES string of the molecule is CC(C)C(=O)N1CCN(C(=O)OC(C)(C)C)CC12CN([C@@H](CCC(N)=O)C(N)=O)C2=O.S. The molecular formula is C20H35N5O6S. The second kappa shape index (κ2) is 9.97. The first-order valence-electron chi connectivity index (χ1n) is 10.4. The van der Waals surface area contributed by atoms with Gasteiger partial charge in [0, 0.05) is 25.4 Å². The number of amides is 5. The molecule has 11 nitrogen and oxygen atoms in total. The number of β-lactam (4-membered cyclic amide) rings is 1. The predicted molar refractivity (Wildman–Crippen MR) is 121 cm³/mol. The van der Waals surface area contributed by atoms with Crippen LogP contribution in [0.5, 0.6) is 0 Å². The predicted octanol–water partition coefficient (Wildman–Crippen LogP) is -0.465. The Kier molecular flexibility index (Phi) is 8.58. The molecule has 2 rings (SSSR count). The minimum atomic E-state index is -1.29. The Balaban J connectivity index is 0.00000512. The molecule has 0 aromatic carbocycles. The minimum absolute atomic E-state index is 0. The molecule has 0 aromatic rings. The lowest BCUT2D eigenvalue weighted by atomic mass is 9.81. The fourth-order valence-electron chi connectivity index (χ4n) is 3.93. The van der Waals surface area contributed by atoms with Gasteiger partial charge in [0.05, 0.1) is 13.1 Å². The van der Waals surface area contributed by atoms with E-state index in [-0.39, 0.29) is 64.3 Å². The van der Waals surface area contributed by atoms with Crippen LogP contribution in [0.3, 0.4) is 0 Å². The summed E-state index contributed by atoms with van der Waals surface area (Å²) in [5, 5.41) is 0. The van der Waals surface area contributed by atoms with E-state index in [9.17, 15) is 24.0 Å². The average molecular weight is 474 g/mol. The molecule has 4 N–H and O–H groups in total. The van der Waals surface area contributed by atoms with Gasteiger partial charge >= 0.3 is 6.09 Å². The highest BCUT2D eigenvalue weighted by Gasteiger charge is 2.62. The Morgan fingerprint density at radius 3 is 2.12 bits per heavy atom. The van der Waals surface area contributed by atoms with Crippen LogP contribution in [0, 0.1) is 5.92 Å². The van der Waals surface area contributed by atoms with Crippen molar-refractivity contribution in [3.63, 3.8) is 0 Å². The monoisotopic (exact) mass is 473 g/mol. The largest absolute Gasteiger partial charge is 0.444 e. The highest BCUT2D eigenvalue weighted by atomic mass is 32.1. The Morgan fingerprint density at radius 1 is 1.09 bits per heavy atom. The summed E-state index contributed by atoms with van der Waals surface area (Å²) in [7, 11) is 0. The van der Waals surface area contributed by atoms with E-state index in [1.165, 1.54) is 14.7 Å². The molecule has 0 aliphatic carbocycles. The van der Waals surface area contributed by atoms with Crippen molar-refractivity contribution in [2.24, 2.45) is 17.4 Å². The zero-order valence-corrected chi connectivity index (χ0v) is 20.3. The number of hydrogen-bond acceptors (Lipinski definition) is 6. The first-order chi connectivity index (χ1) is 14.2. The van der Waals surface area contributed by atoms with Crippen molar-refractivity contribution >= 4 is 43.2 Å². The second-order valence-corrected chi connectivity index (χ2v) is 9.43. The van der Waals surface area contributed by atoms with Crippen LogP contribution in [0.15, 0.2) is 0 Å². The minimum Gasteiger partial charge on any atom is -0.444 e. The number of ether oxygens (including phenoxy) is 1. The number of hydrogen-bond donors (Lipinski definition) is 2. The highest BCUT2D eigenvalue weighted by molar-refractivity contribution is 7.59. The van der Waals surface area contributed by atoms with Gasteiger partial charge in [0.1, 0.15) is 11.6 Å². The van der Waals surface area contributed by atoms with Gasteiger partial charge in [-0.05, 0) is 27.2 Å². The van der Waals surface area contributed by atoms with Gasteiger partial charge in [0.25, 0.3) is 5.91 Å². The van der Waals surface area contributed by atoms with Crippen molar-refractivity contribution in [1.82, 2.24) is 14.7 Å². The molecule has 2 atom stereocenters. The molecule has 32 heavy (non-hydrogen) atoms. The van der Waals surface area contributed by atoms with E-state index in [1.807, 2.05) is 0 Å². The molecule has 1 spiro atoms. The van der Waals surface area contributed by atoms with E-state index >= 15 is 0 Å². The molecule has 2 heterocycles. The molecule has 182 valence electrons. The van der Waals surface area contributed by atoms with E-state index in [2.05, 4.69) is 0 Å². The Labute approximate surface area is 195 Å². The molecule has 0 radical (unpaired) electrons. The van der Waals surface area contributed by atoms with E-state index in [0.29, 0.717) is 0 Å². The van der Waals surface area contributed by atoms with Crippen LogP contribution in [0.25, 0.3) is 0 Å². The molecule has 0 saturated carbocycles. The van der Waals surface area contributed by atoms with Crippen molar-refractivity contribution in [3.8, 4) is 0 Å². The summed E-state index contributed by atoms with van der Waals surface area (Å²) >= 11 is 0. The molecule has 2 aliphatic rings. The van der Waals surface area contributed by atoms with Crippen LogP contribution in [0.4, 0.5) is 4.79 Å². The number of primary amides is 2. The van der Waals surface area contributed by atoms with Crippen LogP contribution >= 0.6 is 13.5 Å². The topological polar surface area (TPSA) is 156 Å². The second-order valence-electron chi connectivity index (χ2n) is 9.43. The Bertz CT molecular complexity index is 783. The van der Waals surface area contributed by atoms with Crippen molar-refractivity contribution < 1.29 is 28.7 Å². The zero-order chi connectivity index (χ0) is 23.7. The summed E-state index contributed by atoms with van der Waals surface area (Å²) in [4.78, 5) is 66.0. The third-order valence-corrected chi connectivity index (χ3v) is 5.43. The van der Waals surface area contributed by atoms with Crippen LogP contribution in [-0.4, -0.2) is 87.8 Å². The summed E-state index contributed by atoms with van der Waals surface area (Å²) in [5.74, 6) is -2.42. The number of likely N-dealkylation sites (tertiary alicyclic amines) is 1. The molecule has 2 saturated heterocycles. The highest BCUT2D eigenvalue weighted by Crippen LogP contribution is 2.37. The zero-order valence-electron chi connectivity index (χ0n) is 19.3. The van der Waals surface area contributed by atoms with Gasteiger partial charge in [0.2, 0.25) is 17.7 Å². The molecule has 2 aliphatic heterocycles. The Morgan fingerprint density at radius 2 is 1.69 bits per heavy atom. The summed E-state index contributed by atoms with van der Waals surface area (Å²) in [6.07, 6.45) is -0.682. The molecule has 0 aromatic heterocycles. The van der Waals surface area contributed by atoms with E-state index < -0.39 is 41.0 Å². The average Bonchev–Trinajstić information content (AvgIpc) is 2.64. The van der Waals surface area contributed by atoms with Crippen molar-refractivity contribution in [2.75, 3.05) is 26.2 Å². The smallest absolute Gasteiger partial charge is 0.410 e. The quantitative estimate of drug-likeness (QED) is 0.497. The molecule has 5 amide bonds. The number of nitrogens with two attached hydrogens (primary N) is 2. The molecule has 12 heteroatoms. The van der Waals surface area contributed by atoms with Crippen LogP contribution in [0.2, 0.25) is 0 Å². The number of carbonyl (C=O) groups excluding carboxylic acids is 5. The summed E-state index contributed by atoms with van der Waals surface area (Å²) < 4.78 is 5.43. The van der Waals surface area contributed by atoms with E-state index in [4.69, 9.17) is 16.2 Å². The number of nitrogens with zero attached hydrogens (tertiary/aromatic N) is 3. The van der Waals surface area contributed by atoms with Gasteiger partial charge in [-0.25, -0.2) is 4.79 Å². The van der Waals surface area contributed by atoms with Crippen LogP contribution in [0.1, 0.15) is 47.5 Å². The maximum Gasteiger partial charge on any atom is 0.410 e. The lowest BCUT2D eigenvalue weighted by Crippen LogP contribution is -2.83. The van der Waals surface area contributed by atoms with Crippen molar-refractivity contribution in [2.45, 2.75) is 64.6 Å². The standard InChI is InChI=1S/C20H33N5O6.H2S/c1-12(2)16(28)25-9-8-23(18(30)31-19(3,4)5)10-20(25)11-24(17(20)29)13(15(22)27)6-7-14(21)26;/h12-13H,6-11H2,1-5H3,(H2,21,26)(H2,22,27);1H2/t13-,20?;/m0./s1. The molecule has 0 bridgehead atoms. The van der Waals surface area contributed by atoms with Crippen LogP contribution < -0.4 is 11.5 Å². The number of rotatable bonds is 6. The van der Waals surface area contributed by atoms with Crippen LogP contribution in [-0.2, 0) is 23.9 Å². The lowest BCUT2D eigenvalue weighted by Gasteiger charge is -2.59. The molecular weight excluding hydrogens is 438 g/mol. The summed E-state index contributed by atoms with van der Waals surface area (Å²) in [6.45, 7) is 9.06. The van der Waals surface area contributed by atoms with Gasteiger partial charge < -0.3 is 30.9 Å². The normalized spacial score (nSPS) is 21.7. The van der Waals surface area contributed by atoms with Gasteiger partial charge in [-0.15, -0.1) is 0 Å². The fourth-order valence-corrected chi connectivity index (χ4v) is 3.93. The van der Waals surface area contributed by atoms with E-state index in [1.54, 1.807) is 34.6 Å². The number of carbonyl (C=O) groups is 5. The fraction of sp³-hybridized carbons (Fsp3) is 0.750. The van der Waals surface area contributed by atoms with Gasteiger partial charge in [-0.3, -0.25) is 19.2 Å². The number of piperazine rings is 1. The summed E-state index contributed by atoms with van der Waals surface area (Å²) in [5.41, 5.74) is 8.61. The van der Waals surface area contributed by atoms with Crippen molar-refractivity contribution in [3.05, 3.63) is 0 Å². The lowest BCUT2D eigenvalue weighted by molar-refractivity contribution is -0.184. The Hall–Kier alpha value is -2.50. The first kappa shape index (κ1) is 27.5. The van der Waals surface area contributed by atoms with Gasteiger partial charge in [0.15, 0.2) is 5.54 Å². The van der Waals surface area contributed by atoms with E-state index in [0.717, 1.165) is 0 Å². The third kappa shape index (κ3) is 5.64. The van der Waals surface area contributed by atoms with Crippen molar-refractivity contribution in [1.29, 1.82) is 0 Å². The maximum absolute atomic E-state index is 13.3. The molecule has 2 fully saturated rings. The maximum atomic E-state index is 13.3. The molecule has 1 unspecified atom stereocenters. The first-order valence-corrected chi connectivity index (χ1v) is 10.4.